The molecule has 0 saturated heterocycles. The van der Waals surface area contributed by atoms with Gasteiger partial charge in [0.25, 0.3) is 0 Å². The number of benzene rings is 3. The Bertz CT molecular complexity index is 1170. The number of hydrogen-bond acceptors (Lipinski definition) is 6. The lowest BCUT2D eigenvalue weighted by molar-refractivity contribution is 0.223. The molecule has 0 aromatic heterocycles. The maximum absolute atomic E-state index is 13.5. The largest absolute Gasteiger partial charge is 0.490 e. The van der Waals surface area contributed by atoms with Gasteiger partial charge in [-0.1, -0.05) is 36.4 Å². The van der Waals surface area contributed by atoms with Crippen molar-refractivity contribution in [3.05, 3.63) is 89.5 Å². The first-order valence-corrected chi connectivity index (χ1v) is 13.0. The minimum Gasteiger partial charge on any atom is -0.490 e. The number of nitrogens with one attached hydrogen (secondary N) is 2. The molecular weight excluding hydrogens is 465 g/mol. The summed E-state index contributed by atoms with van der Waals surface area (Å²) in [6, 6.07) is 21.1. The van der Waals surface area contributed by atoms with Crippen LogP contribution in [0.2, 0.25) is 0 Å². The van der Waals surface area contributed by atoms with Gasteiger partial charge in [0, 0.05) is 11.3 Å². The Kier molecular flexibility index (Phi) is 8.93. The zero-order valence-corrected chi connectivity index (χ0v) is 21.0. The Labute approximate surface area is 206 Å². The van der Waals surface area contributed by atoms with Crippen molar-refractivity contribution in [3.8, 4) is 11.5 Å². The highest BCUT2D eigenvalue weighted by Crippen LogP contribution is 2.57. The molecule has 0 aliphatic rings. The SMILES string of the molecule is CCOc1cc(C(Nc2ccc(C(=N)N)cc2)P(=O)(O)OCc2ccccc2)ccc1OC(C)C. The molecule has 186 valence electrons. The van der Waals surface area contributed by atoms with Crippen molar-refractivity contribution in [1.29, 1.82) is 5.41 Å². The highest BCUT2D eigenvalue weighted by molar-refractivity contribution is 7.53. The number of hydrogen-bond donors (Lipinski definition) is 4. The van der Waals surface area contributed by atoms with Gasteiger partial charge in [-0.05, 0) is 68.3 Å². The van der Waals surface area contributed by atoms with E-state index in [1.165, 1.54) is 0 Å². The van der Waals surface area contributed by atoms with Crippen molar-refractivity contribution in [2.75, 3.05) is 11.9 Å². The topological polar surface area (TPSA) is 127 Å². The van der Waals surface area contributed by atoms with Crippen molar-refractivity contribution in [3.63, 3.8) is 0 Å². The van der Waals surface area contributed by atoms with Gasteiger partial charge in [0.2, 0.25) is 0 Å². The molecule has 9 heteroatoms. The molecule has 5 N–H and O–H groups in total. The van der Waals surface area contributed by atoms with Crippen LogP contribution in [0.4, 0.5) is 5.69 Å². The van der Waals surface area contributed by atoms with Gasteiger partial charge in [0.05, 0.1) is 19.3 Å². The van der Waals surface area contributed by atoms with Gasteiger partial charge in [-0.3, -0.25) is 9.97 Å². The predicted octanol–water partition coefficient (Wildman–Crippen LogP) is 5.67. The van der Waals surface area contributed by atoms with Gasteiger partial charge in [-0.2, -0.15) is 0 Å². The molecule has 8 nitrogen and oxygen atoms in total. The summed E-state index contributed by atoms with van der Waals surface area (Å²) in [5.74, 6) is -0.135. The van der Waals surface area contributed by atoms with Crippen molar-refractivity contribution < 1.29 is 23.5 Å². The summed E-state index contributed by atoms with van der Waals surface area (Å²) >= 11 is 0. The molecule has 3 aromatic carbocycles. The van der Waals surface area contributed by atoms with E-state index in [1.54, 1.807) is 42.5 Å². The van der Waals surface area contributed by atoms with E-state index in [0.717, 1.165) is 5.56 Å². The molecule has 2 unspecified atom stereocenters. The molecular formula is C26H32N3O5P. The summed E-state index contributed by atoms with van der Waals surface area (Å²) in [5, 5.41) is 10.7. The van der Waals surface area contributed by atoms with Gasteiger partial charge in [-0.25, -0.2) is 0 Å². The highest BCUT2D eigenvalue weighted by atomic mass is 31.2. The standard InChI is InChI=1S/C26H32N3O5P/c1-4-32-24-16-21(12-15-23(24)34-18(2)3)26(29-22-13-10-20(11-14-22)25(27)28)35(30,31)33-17-19-8-6-5-7-9-19/h5-16,18,26,29H,4,17H2,1-3H3,(H3,27,28)(H,30,31). The third-order valence-corrected chi connectivity index (χ3v) is 6.61. The fourth-order valence-corrected chi connectivity index (χ4v) is 4.72. The van der Waals surface area contributed by atoms with Gasteiger partial charge >= 0.3 is 7.60 Å². The second-order valence-electron chi connectivity index (χ2n) is 8.17. The van der Waals surface area contributed by atoms with Crippen LogP contribution in [0, 0.1) is 5.41 Å². The third-order valence-electron chi connectivity index (χ3n) is 5.03. The Morgan fingerprint density at radius 1 is 1.06 bits per heavy atom. The van der Waals surface area contributed by atoms with Crippen molar-refractivity contribution in [2.45, 2.75) is 39.3 Å². The van der Waals surface area contributed by atoms with Gasteiger partial charge in [0.1, 0.15) is 5.84 Å². The monoisotopic (exact) mass is 497 g/mol. The Hall–Kier alpha value is -3.32. The minimum atomic E-state index is -4.24. The van der Waals surface area contributed by atoms with Crippen molar-refractivity contribution >= 4 is 19.1 Å². The van der Waals surface area contributed by atoms with E-state index < -0.39 is 13.4 Å². The molecule has 0 amide bonds. The Balaban J connectivity index is 1.97. The predicted molar refractivity (Wildman–Crippen MR) is 138 cm³/mol. The number of nitrogen functional groups attached to an aromatic ring is 1. The molecule has 0 heterocycles. The summed E-state index contributed by atoms with van der Waals surface area (Å²) < 4.78 is 30.7. The fourth-order valence-electron chi connectivity index (χ4n) is 3.39. The summed E-state index contributed by atoms with van der Waals surface area (Å²) in [5.41, 5.74) is 7.94. The maximum Gasteiger partial charge on any atom is 0.355 e. The van der Waals surface area contributed by atoms with Gasteiger partial charge in [0.15, 0.2) is 17.3 Å². The van der Waals surface area contributed by atoms with Crippen LogP contribution < -0.4 is 20.5 Å². The molecule has 0 fully saturated rings. The number of amidine groups is 1. The molecule has 0 saturated carbocycles. The molecule has 35 heavy (non-hydrogen) atoms. The zero-order chi connectivity index (χ0) is 25.4. The van der Waals surface area contributed by atoms with Crippen molar-refractivity contribution in [2.24, 2.45) is 5.73 Å². The van der Waals surface area contributed by atoms with Crippen molar-refractivity contribution in [1.82, 2.24) is 0 Å². The first-order chi connectivity index (χ1) is 16.7. The van der Waals surface area contributed by atoms with Crippen LogP contribution in [0.5, 0.6) is 11.5 Å². The van der Waals surface area contributed by atoms with E-state index in [4.69, 9.17) is 25.1 Å². The zero-order valence-electron chi connectivity index (χ0n) is 20.1. The molecule has 0 aliphatic heterocycles. The first-order valence-electron chi connectivity index (χ1n) is 11.3. The number of anilines is 1. The summed E-state index contributed by atoms with van der Waals surface area (Å²) in [7, 11) is -4.24. The molecule has 0 spiro atoms. The maximum atomic E-state index is 13.5. The van der Waals surface area contributed by atoms with E-state index in [0.29, 0.717) is 34.9 Å². The number of rotatable bonds is 12. The minimum absolute atomic E-state index is 0.0249. The fraction of sp³-hybridized carbons (Fsp3) is 0.269. The van der Waals surface area contributed by atoms with E-state index >= 15 is 0 Å². The van der Waals surface area contributed by atoms with Crippen LogP contribution >= 0.6 is 7.60 Å². The molecule has 2 atom stereocenters. The molecule has 3 aromatic rings. The van der Waals surface area contributed by atoms with Gasteiger partial charge in [-0.15, -0.1) is 0 Å². The molecule has 3 rings (SSSR count). The third kappa shape index (κ3) is 7.33. The Morgan fingerprint density at radius 3 is 2.34 bits per heavy atom. The summed E-state index contributed by atoms with van der Waals surface area (Å²) in [6.45, 7) is 6.07. The van der Waals surface area contributed by atoms with Crippen LogP contribution in [0.25, 0.3) is 0 Å². The number of ether oxygens (including phenoxy) is 2. The average molecular weight is 498 g/mol. The summed E-state index contributed by atoms with van der Waals surface area (Å²) in [4.78, 5) is 11.1. The van der Waals surface area contributed by atoms with Crippen LogP contribution in [-0.2, 0) is 15.7 Å². The second-order valence-corrected chi connectivity index (χ2v) is 10.1. The lowest BCUT2D eigenvalue weighted by atomic mass is 10.1. The second kappa shape index (κ2) is 11.9. The van der Waals surface area contributed by atoms with Crippen LogP contribution in [0.1, 0.15) is 43.2 Å². The molecule has 0 aliphatic carbocycles. The highest BCUT2D eigenvalue weighted by Gasteiger charge is 2.35. The van der Waals surface area contributed by atoms with E-state index in [9.17, 15) is 9.46 Å². The van der Waals surface area contributed by atoms with Crippen LogP contribution in [0.15, 0.2) is 72.8 Å². The average Bonchev–Trinajstić information content (AvgIpc) is 2.83. The van der Waals surface area contributed by atoms with Crippen LogP contribution in [0.3, 0.4) is 0 Å². The van der Waals surface area contributed by atoms with E-state index in [-0.39, 0.29) is 18.5 Å². The first kappa shape index (κ1) is 26.3. The number of nitrogens with two attached hydrogens (primary N) is 1. The molecule has 0 radical (unpaired) electrons. The summed E-state index contributed by atoms with van der Waals surface area (Å²) in [6.07, 6.45) is -0.0630. The van der Waals surface area contributed by atoms with Crippen LogP contribution in [-0.4, -0.2) is 23.4 Å². The normalized spacial score (nSPS) is 13.6. The lowest BCUT2D eigenvalue weighted by Crippen LogP contribution is -2.15. The quantitative estimate of drug-likeness (QED) is 0.144. The van der Waals surface area contributed by atoms with E-state index in [2.05, 4.69) is 5.32 Å². The smallest absolute Gasteiger partial charge is 0.355 e. The van der Waals surface area contributed by atoms with Gasteiger partial charge < -0.3 is 29.9 Å². The Morgan fingerprint density at radius 2 is 1.74 bits per heavy atom. The van der Waals surface area contributed by atoms with E-state index in [1.807, 2.05) is 51.1 Å². The molecule has 0 bridgehead atoms. The lowest BCUT2D eigenvalue weighted by Gasteiger charge is -2.26.